The van der Waals surface area contributed by atoms with Gasteiger partial charge in [0.05, 0.1) is 0 Å². The molecule has 3 N–H and O–H groups in total. The minimum absolute atomic E-state index is 0.000675. The first-order chi connectivity index (χ1) is 13.9. The molecule has 0 aliphatic heterocycles. The molecule has 156 valence electrons. The lowest BCUT2D eigenvalue weighted by molar-refractivity contribution is -0.121. The maximum absolute atomic E-state index is 12.0. The predicted molar refractivity (Wildman–Crippen MR) is 118 cm³/mol. The van der Waals surface area contributed by atoms with Crippen LogP contribution in [-0.2, 0) is 17.9 Å². The highest BCUT2D eigenvalue weighted by molar-refractivity contribution is 5.81. The number of ether oxygens (including phenoxy) is 1. The summed E-state index contributed by atoms with van der Waals surface area (Å²) in [6.45, 7) is 7.70. The zero-order chi connectivity index (χ0) is 21.1. The number of benzene rings is 2. The van der Waals surface area contributed by atoms with Crippen molar-refractivity contribution in [2.45, 2.75) is 45.9 Å². The van der Waals surface area contributed by atoms with Crippen LogP contribution in [0.4, 0.5) is 0 Å². The highest BCUT2D eigenvalue weighted by Crippen LogP contribution is 2.22. The molecule has 6 heteroatoms. The monoisotopic (exact) mass is 396 g/mol. The Morgan fingerprint density at radius 2 is 1.62 bits per heavy atom. The van der Waals surface area contributed by atoms with Crippen LogP contribution in [0.2, 0.25) is 0 Å². The van der Waals surface area contributed by atoms with E-state index in [2.05, 4.69) is 20.9 Å². The van der Waals surface area contributed by atoms with Gasteiger partial charge in [0, 0.05) is 38.7 Å². The summed E-state index contributed by atoms with van der Waals surface area (Å²) in [4.78, 5) is 16.2. The number of aliphatic imine (C=N–C) groups is 1. The second-order valence-corrected chi connectivity index (χ2v) is 7.69. The van der Waals surface area contributed by atoms with Crippen molar-refractivity contribution in [2.75, 3.05) is 13.6 Å². The Bertz CT molecular complexity index is 798. The van der Waals surface area contributed by atoms with Gasteiger partial charge in [-0.3, -0.25) is 9.79 Å². The Hall–Kier alpha value is -3.02. The second kappa shape index (κ2) is 11.1. The van der Waals surface area contributed by atoms with Gasteiger partial charge in [0.2, 0.25) is 5.91 Å². The van der Waals surface area contributed by atoms with Gasteiger partial charge >= 0.3 is 0 Å². The van der Waals surface area contributed by atoms with Crippen molar-refractivity contribution >= 4 is 11.9 Å². The van der Waals surface area contributed by atoms with Gasteiger partial charge < -0.3 is 20.7 Å². The minimum Gasteiger partial charge on any atom is -0.488 e. The maximum Gasteiger partial charge on any atom is 0.222 e. The fourth-order valence-corrected chi connectivity index (χ4v) is 2.66. The van der Waals surface area contributed by atoms with Gasteiger partial charge in [-0.2, -0.15) is 0 Å². The molecule has 29 heavy (non-hydrogen) atoms. The van der Waals surface area contributed by atoms with Crippen LogP contribution in [-0.4, -0.2) is 31.1 Å². The molecule has 0 radical (unpaired) electrons. The molecule has 0 atom stereocenters. The van der Waals surface area contributed by atoms with E-state index < -0.39 is 0 Å². The van der Waals surface area contributed by atoms with Gasteiger partial charge in [-0.15, -0.1) is 0 Å². The van der Waals surface area contributed by atoms with E-state index in [1.54, 1.807) is 7.05 Å². The lowest BCUT2D eigenvalue weighted by Crippen LogP contribution is -2.39. The summed E-state index contributed by atoms with van der Waals surface area (Å²) in [6.07, 6.45) is 0.372. The molecule has 0 aromatic heterocycles. The van der Waals surface area contributed by atoms with Crippen molar-refractivity contribution in [1.82, 2.24) is 16.0 Å². The molecule has 0 aliphatic carbocycles. The van der Waals surface area contributed by atoms with E-state index in [-0.39, 0.29) is 11.5 Å². The molecule has 0 heterocycles. The fourth-order valence-electron chi connectivity index (χ4n) is 2.66. The smallest absolute Gasteiger partial charge is 0.222 e. The molecule has 0 unspecified atom stereocenters. The minimum atomic E-state index is -0.261. The molecule has 1 amide bonds. The average Bonchev–Trinajstić information content (AvgIpc) is 2.69. The molecule has 0 saturated heterocycles. The van der Waals surface area contributed by atoms with Gasteiger partial charge in [0.1, 0.15) is 11.4 Å². The van der Waals surface area contributed by atoms with Gasteiger partial charge in [-0.05, 0) is 32.4 Å². The number of carbonyl (C=O) groups excluding carboxylic acids is 1. The van der Waals surface area contributed by atoms with Crippen LogP contribution in [0.1, 0.15) is 38.3 Å². The number of rotatable bonds is 8. The van der Waals surface area contributed by atoms with Crippen molar-refractivity contribution in [3.05, 3.63) is 65.7 Å². The first-order valence-electron chi connectivity index (χ1n) is 9.89. The summed E-state index contributed by atoms with van der Waals surface area (Å²) in [5.74, 6) is 1.50. The zero-order valence-electron chi connectivity index (χ0n) is 17.8. The summed E-state index contributed by atoms with van der Waals surface area (Å²) in [5.41, 5.74) is 1.87. The third-order valence-electron chi connectivity index (χ3n) is 4.04. The average molecular weight is 397 g/mol. The number of nitrogens with zero attached hydrogens (tertiary/aromatic N) is 1. The van der Waals surface area contributed by atoms with E-state index in [0.717, 1.165) is 16.9 Å². The lowest BCUT2D eigenvalue weighted by atomic mass is 10.1. The molecule has 2 aromatic carbocycles. The predicted octanol–water partition coefficient (Wildman–Crippen LogP) is 3.24. The summed E-state index contributed by atoms with van der Waals surface area (Å²) >= 11 is 0. The van der Waals surface area contributed by atoms with Gasteiger partial charge in [-0.1, -0.05) is 48.5 Å². The first kappa shape index (κ1) is 22.3. The SMILES string of the molecule is CN=C(NCCC(=O)NCc1ccccc1)NCc1ccccc1OC(C)(C)C. The number of nitrogens with one attached hydrogen (secondary N) is 3. The van der Waals surface area contributed by atoms with Crippen molar-refractivity contribution in [3.63, 3.8) is 0 Å². The van der Waals surface area contributed by atoms with Crippen molar-refractivity contribution in [2.24, 2.45) is 4.99 Å². The quantitative estimate of drug-likeness (QED) is 0.473. The topological polar surface area (TPSA) is 74.8 Å². The molecular weight excluding hydrogens is 364 g/mol. The Morgan fingerprint density at radius 3 is 2.31 bits per heavy atom. The van der Waals surface area contributed by atoms with Crippen LogP contribution < -0.4 is 20.7 Å². The number of hydrogen-bond donors (Lipinski definition) is 3. The summed E-state index contributed by atoms with van der Waals surface area (Å²) in [5, 5.41) is 9.37. The standard InChI is InChI=1S/C23H32N4O2/c1-23(2,3)29-20-13-9-8-12-19(20)17-27-22(24-4)25-15-14-21(28)26-16-18-10-6-5-7-11-18/h5-13H,14-17H2,1-4H3,(H,26,28)(H2,24,25,27). The first-order valence-corrected chi connectivity index (χ1v) is 9.89. The van der Waals surface area contributed by atoms with Crippen molar-refractivity contribution in [3.8, 4) is 5.75 Å². The number of para-hydroxylation sites is 1. The van der Waals surface area contributed by atoms with Crippen LogP contribution >= 0.6 is 0 Å². The summed E-state index contributed by atoms with van der Waals surface area (Å²) in [7, 11) is 1.71. The number of guanidine groups is 1. The molecule has 0 aliphatic rings. The number of hydrogen-bond acceptors (Lipinski definition) is 3. The number of amides is 1. The molecule has 2 aromatic rings. The third-order valence-corrected chi connectivity index (χ3v) is 4.04. The van der Waals surface area contributed by atoms with Gasteiger partial charge in [0.15, 0.2) is 5.96 Å². The molecular formula is C23H32N4O2. The highest BCUT2D eigenvalue weighted by atomic mass is 16.5. The molecule has 0 fully saturated rings. The second-order valence-electron chi connectivity index (χ2n) is 7.69. The van der Waals surface area contributed by atoms with E-state index in [0.29, 0.717) is 32.0 Å². The largest absolute Gasteiger partial charge is 0.488 e. The summed E-state index contributed by atoms with van der Waals surface area (Å²) < 4.78 is 6.02. The lowest BCUT2D eigenvalue weighted by Gasteiger charge is -2.23. The van der Waals surface area contributed by atoms with Gasteiger partial charge in [0.25, 0.3) is 0 Å². The maximum atomic E-state index is 12.0. The van der Waals surface area contributed by atoms with E-state index in [1.807, 2.05) is 75.4 Å². The van der Waals surface area contributed by atoms with E-state index in [9.17, 15) is 4.79 Å². The molecule has 2 rings (SSSR count). The van der Waals surface area contributed by atoms with E-state index in [1.165, 1.54) is 0 Å². The number of carbonyl (C=O) groups is 1. The highest BCUT2D eigenvalue weighted by Gasteiger charge is 2.14. The van der Waals surface area contributed by atoms with Crippen LogP contribution in [0.5, 0.6) is 5.75 Å². The van der Waals surface area contributed by atoms with E-state index in [4.69, 9.17) is 4.74 Å². The molecule has 6 nitrogen and oxygen atoms in total. The van der Waals surface area contributed by atoms with Crippen molar-refractivity contribution < 1.29 is 9.53 Å². The molecule has 0 bridgehead atoms. The Labute approximate surface area is 173 Å². The van der Waals surface area contributed by atoms with Crippen molar-refractivity contribution in [1.29, 1.82) is 0 Å². The Kier molecular flexibility index (Phi) is 8.52. The normalized spacial score (nSPS) is 11.7. The summed E-state index contributed by atoms with van der Waals surface area (Å²) in [6, 6.07) is 17.8. The Balaban J connectivity index is 1.75. The van der Waals surface area contributed by atoms with Crippen LogP contribution in [0.25, 0.3) is 0 Å². The van der Waals surface area contributed by atoms with Crippen LogP contribution in [0.15, 0.2) is 59.6 Å². The molecule has 0 saturated carbocycles. The Morgan fingerprint density at radius 1 is 0.931 bits per heavy atom. The van der Waals surface area contributed by atoms with Crippen LogP contribution in [0.3, 0.4) is 0 Å². The zero-order valence-corrected chi connectivity index (χ0v) is 17.8. The van der Waals surface area contributed by atoms with Crippen LogP contribution in [0, 0.1) is 0 Å². The fraction of sp³-hybridized carbons (Fsp3) is 0.391. The molecule has 0 spiro atoms. The van der Waals surface area contributed by atoms with Gasteiger partial charge in [-0.25, -0.2) is 0 Å². The van der Waals surface area contributed by atoms with E-state index >= 15 is 0 Å². The third kappa shape index (κ3) is 8.68.